The minimum Gasteiger partial charge on any atom is -0.244 e. The molecule has 3 rings (SSSR count). The number of hydrogen-bond acceptors (Lipinski definition) is 3. The maximum Gasteiger partial charge on any atom is 0.161 e. The van der Waals surface area contributed by atoms with Crippen molar-refractivity contribution in [2.45, 2.75) is 64.8 Å². The molecule has 0 aliphatic heterocycles. The number of nitrogens with zero attached hydrogens (tertiary/aromatic N) is 4. The van der Waals surface area contributed by atoms with Gasteiger partial charge < -0.3 is 0 Å². The van der Waals surface area contributed by atoms with Gasteiger partial charge in [-0.25, -0.2) is 14.6 Å². The molecule has 1 aliphatic carbocycles. The van der Waals surface area contributed by atoms with Crippen LogP contribution in [0.2, 0.25) is 0 Å². The van der Waals surface area contributed by atoms with Crippen molar-refractivity contribution in [3.05, 3.63) is 17.7 Å². The highest BCUT2D eigenvalue weighted by molar-refractivity contribution is 5.84. The van der Waals surface area contributed by atoms with Gasteiger partial charge >= 0.3 is 0 Å². The van der Waals surface area contributed by atoms with E-state index < -0.39 is 0 Å². The Morgan fingerprint density at radius 1 is 1.05 bits per heavy atom. The molecule has 0 unspecified atom stereocenters. The summed E-state index contributed by atoms with van der Waals surface area (Å²) in [5.74, 6) is 0. The highest BCUT2D eigenvalue weighted by Gasteiger charge is 2.43. The molecule has 2 aromatic heterocycles. The van der Waals surface area contributed by atoms with E-state index in [0.29, 0.717) is 6.04 Å². The van der Waals surface area contributed by atoms with E-state index in [1.807, 2.05) is 4.68 Å². The van der Waals surface area contributed by atoms with Crippen LogP contribution < -0.4 is 0 Å². The molecule has 0 atom stereocenters. The van der Waals surface area contributed by atoms with Gasteiger partial charge in [0.05, 0.1) is 16.8 Å². The predicted molar refractivity (Wildman–Crippen MR) is 76.4 cm³/mol. The molecule has 0 N–H and O–H groups in total. The minimum absolute atomic E-state index is 0.0691. The molecule has 0 spiro atoms. The third-order valence-electron chi connectivity index (χ3n) is 4.14. The first-order chi connectivity index (χ1) is 8.74. The molecule has 102 valence electrons. The molecule has 2 heterocycles. The first-order valence-corrected chi connectivity index (χ1v) is 6.98. The normalized spacial score (nSPS) is 20.2. The predicted octanol–water partition coefficient (Wildman–Crippen LogP) is 3.37. The van der Waals surface area contributed by atoms with E-state index in [0.717, 1.165) is 23.5 Å². The van der Waals surface area contributed by atoms with Crippen molar-refractivity contribution in [2.24, 2.45) is 0 Å². The van der Waals surface area contributed by atoms with Gasteiger partial charge in [-0.05, 0) is 20.3 Å². The second kappa shape index (κ2) is 3.56. The van der Waals surface area contributed by atoms with Gasteiger partial charge in [-0.2, -0.15) is 5.10 Å². The van der Waals surface area contributed by atoms with Crippen molar-refractivity contribution in [1.82, 2.24) is 19.7 Å². The smallest absolute Gasteiger partial charge is 0.161 e. The zero-order valence-electron chi connectivity index (χ0n) is 12.7. The summed E-state index contributed by atoms with van der Waals surface area (Å²) in [7, 11) is 0. The summed E-state index contributed by atoms with van der Waals surface area (Å²) in [6.45, 7) is 13.4. The highest BCUT2D eigenvalue weighted by Crippen LogP contribution is 2.47. The van der Waals surface area contributed by atoms with Gasteiger partial charge in [-0.3, -0.25) is 0 Å². The Morgan fingerprint density at radius 3 is 2.32 bits per heavy atom. The maximum absolute atomic E-state index is 4.85. The van der Waals surface area contributed by atoms with Crippen molar-refractivity contribution in [2.75, 3.05) is 0 Å². The minimum atomic E-state index is 0.0691. The van der Waals surface area contributed by atoms with E-state index in [-0.39, 0.29) is 10.8 Å². The molecule has 0 radical (unpaired) electrons. The summed E-state index contributed by atoms with van der Waals surface area (Å²) in [5, 5.41) is 6.03. The Balaban J connectivity index is 2.46. The van der Waals surface area contributed by atoms with Gasteiger partial charge in [0, 0.05) is 16.9 Å². The van der Waals surface area contributed by atoms with Gasteiger partial charge in [-0.15, -0.1) is 0 Å². The monoisotopic (exact) mass is 258 g/mol. The van der Waals surface area contributed by atoms with E-state index >= 15 is 0 Å². The third kappa shape index (κ3) is 1.62. The summed E-state index contributed by atoms with van der Waals surface area (Å²) < 4.78 is 2.04. The van der Waals surface area contributed by atoms with Crippen LogP contribution in [0.25, 0.3) is 11.0 Å². The van der Waals surface area contributed by atoms with Crippen LogP contribution in [0, 0.1) is 0 Å². The SMILES string of the molecule is CC(C)n1nc2c3c(ncnc31)C(C)(C)CC2(C)C. The van der Waals surface area contributed by atoms with Crippen molar-refractivity contribution in [3.8, 4) is 0 Å². The van der Waals surface area contributed by atoms with Crippen LogP contribution in [0.1, 0.15) is 65.4 Å². The number of aromatic nitrogens is 4. The van der Waals surface area contributed by atoms with E-state index in [1.165, 1.54) is 5.39 Å². The van der Waals surface area contributed by atoms with Crippen molar-refractivity contribution in [3.63, 3.8) is 0 Å². The molecule has 0 saturated heterocycles. The average Bonchev–Trinajstić information content (AvgIpc) is 2.65. The number of rotatable bonds is 1. The standard InChI is InChI=1S/C15H22N4/c1-9(2)19-13-10-11(16-8-17-13)14(3,4)7-15(5,6)12(10)18-19/h8-9H,7H2,1-6H3. The van der Waals surface area contributed by atoms with Crippen LogP contribution in [0.15, 0.2) is 6.33 Å². The Labute approximate surface area is 114 Å². The Hall–Kier alpha value is -1.45. The first-order valence-electron chi connectivity index (χ1n) is 6.98. The molecule has 0 fully saturated rings. The Kier molecular flexibility index (Phi) is 2.35. The molecule has 0 bridgehead atoms. The molecule has 1 aliphatic rings. The summed E-state index contributed by atoms with van der Waals surface area (Å²) in [5.41, 5.74) is 3.43. The lowest BCUT2D eigenvalue weighted by molar-refractivity contribution is 0.325. The van der Waals surface area contributed by atoms with Crippen LogP contribution in [0.3, 0.4) is 0 Å². The van der Waals surface area contributed by atoms with Crippen LogP contribution in [-0.4, -0.2) is 19.7 Å². The summed E-state index contributed by atoms with van der Waals surface area (Å²) in [6, 6.07) is 0.316. The van der Waals surface area contributed by atoms with Gasteiger partial charge in [0.25, 0.3) is 0 Å². The average molecular weight is 258 g/mol. The topological polar surface area (TPSA) is 43.6 Å². The fraction of sp³-hybridized carbons (Fsp3) is 0.667. The van der Waals surface area contributed by atoms with Crippen LogP contribution in [0.5, 0.6) is 0 Å². The molecule has 4 nitrogen and oxygen atoms in total. The summed E-state index contributed by atoms with van der Waals surface area (Å²) in [4.78, 5) is 9.05. The van der Waals surface area contributed by atoms with Gasteiger partial charge in [0.2, 0.25) is 0 Å². The van der Waals surface area contributed by atoms with Crippen LogP contribution in [0.4, 0.5) is 0 Å². The van der Waals surface area contributed by atoms with Gasteiger partial charge in [-0.1, -0.05) is 27.7 Å². The number of hydrogen-bond donors (Lipinski definition) is 0. The molecule has 19 heavy (non-hydrogen) atoms. The lowest BCUT2D eigenvalue weighted by Crippen LogP contribution is -2.35. The lowest BCUT2D eigenvalue weighted by Gasteiger charge is -2.38. The highest BCUT2D eigenvalue weighted by atomic mass is 15.3. The summed E-state index contributed by atoms with van der Waals surface area (Å²) in [6.07, 6.45) is 2.75. The van der Waals surface area contributed by atoms with E-state index in [1.54, 1.807) is 6.33 Å². The quantitative estimate of drug-likeness (QED) is 0.787. The third-order valence-corrected chi connectivity index (χ3v) is 4.14. The zero-order chi connectivity index (χ0) is 14.0. The van der Waals surface area contributed by atoms with E-state index in [4.69, 9.17) is 5.10 Å². The molecular formula is C15H22N4. The van der Waals surface area contributed by atoms with E-state index in [9.17, 15) is 0 Å². The van der Waals surface area contributed by atoms with Gasteiger partial charge in [0.15, 0.2) is 5.65 Å². The Bertz CT molecular complexity index is 649. The molecule has 0 aromatic carbocycles. The molecular weight excluding hydrogens is 236 g/mol. The fourth-order valence-corrected chi connectivity index (χ4v) is 3.59. The molecule has 0 saturated carbocycles. The van der Waals surface area contributed by atoms with E-state index in [2.05, 4.69) is 51.5 Å². The Morgan fingerprint density at radius 2 is 1.68 bits per heavy atom. The molecule has 0 amide bonds. The zero-order valence-corrected chi connectivity index (χ0v) is 12.7. The van der Waals surface area contributed by atoms with Crippen molar-refractivity contribution in [1.29, 1.82) is 0 Å². The first kappa shape index (κ1) is 12.6. The fourth-order valence-electron chi connectivity index (χ4n) is 3.59. The second-order valence-electron chi connectivity index (χ2n) is 7.25. The lowest BCUT2D eigenvalue weighted by atomic mass is 9.66. The maximum atomic E-state index is 4.85. The van der Waals surface area contributed by atoms with Crippen LogP contribution in [-0.2, 0) is 10.8 Å². The largest absolute Gasteiger partial charge is 0.244 e. The molecule has 4 heteroatoms. The summed E-state index contributed by atoms with van der Waals surface area (Å²) >= 11 is 0. The van der Waals surface area contributed by atoms with Crippen molar-refractivity contribution >= 4 is 11.0 Å². The van der Waals surface area contributed by atoms with Crippen molar-refractivity contribution < 1.29 is 0 Å². The second-order valence-corrected chi connectivity index (χ2v) is 7.25. The molecule has 2 aromatic rings. The van der Waals surface area contributed by atoms with Crippen LogP contribution >= 0.6 is 0 Å². The van der Waals surface area contributed by atoms with Gasteiger partial charge in [0.1, 0.15) is 6.33 Å².